The summed E-state index contributed by atoms with van der Waals surface area (Å²) in [7, 11) is 0. The highest BCUT2D eigenvalue weighted by molar-refractivity contribution is 6.01. The van der Waals surface area contributed by atoms with Crippen LogP contribution in [0.15, 0.2) is 66.2 Å². The van der Waals surface area contributed by atoms with E-state index in [0.717, 1.165) is 10.9 Å². The standard InChI is InChI=1S/C26H26N2O3/c1-4-30-25-15-19(13-23(16-27)26(29)28-18(2)3)10-12-24(25)31-17-20-9-11-21-7-5-6-8-22(21)14-20/h5-15,18H,4,17H2,1-3H3,(H,28,29)/b23-13+. The number of hydrogen-bond donors (Lipinski definition) is 1. The number of nitrogens with one attached hydrogen (secondary N) is 1. The number of amides is 1. The Morgan fingerprint density at radius 3 is 2.52 bits per heavy atom. The zero-order valence-corrected chi connectivity index (χ0v) is 18.0. The van der Waals surface area contributed by atoms with Crippen molar-refractivity contribution >= 4 is 22.8 Å². The van der Waals surface area contributed by atoms with Gasteiger partial charge >= 0.3 is 0 Å². The highest BCUT2D eigenvalue weighted by Gasteiger charge is 2.12. The molecule has 0 atom stereocenters. The summed E-state index contributed by atoms with van der Waals surface area (Å²) in [6.07, 6.45) is 1.55. The van der Waals surface area contributed by atoms with Crippen molar-refractivity contribution in [1.29, 1.82) is 5.26 Å². The van der Waals surface area contributed by atoms with E-state index in [1.165, 1.54) is 5.39 Å². The van der Waals surface area contributed by atoms with E-state index >= 15 is 0 Å². The van der Waals surface area contributed by atoms with Crippen LogP contribution in [0.5, 0.6) is 11.5 Å². The summed E-state index contributed by atoms with van der Waals surface area (Å²) in [6.45, 7) is 6.47. The van der Waals surface area contributed by atoms with E-state index < -0.39 is 5.91 Å². The van der Waals surface area contributed by atoms with Gasteiger partial charge in [0.1, 0.15) is 18.2 Å². The van der Waals surface area contributed by atoms with Gasteiger partial charge in [0.05, 0.1) is 6.61 Å². The molecule has 0 aliphatic carbocycles. The predicted molar refractivity (Wildman–Crippen MR) is 123 cm³/mol. The number of benzene rings is 3. The maximum Gasteiger partial charge on any atom is 0.262 e. The van der Waals surface area contributed by atoms with Gasteiger partial charge in [-0.1, -0.05) is 42.5 Å². The van der Waals surface area contributed by atoms with Crippen LogP contribution in [0.2, 0.25) is 0 Å². The Labute approximate surface area is 182 Å². The van der Waals surface area contributed by atoms with Gasteiger partial charge in [0, 0.05) is 6.04 Å². The molecular weight excluding hydrogens is 388 g/mol. The molecule has 0 aromatic heterocycles. The average Bonchev–Trinajstić information content (AvgIpc) is 2.76. The highest BCUT2D eigenvalue weighted by atomic mass is 16.5. The number of fused-ring (bicyclic) bond motifs is 1. The van der Waals surface area contributed by atoms with Crippen molar-refractivity contribution in [2.24, 2.45) is 0 Å². The average molecular weight is 415 g/mol. The summed E-state index contributed by atoms with van der Waals surface area (Å²) in [5.41, 5.74) is 1.79. The van der Waals surface area contributed by atoms with Crippen molar-refractivity contribution in [3.8, 4) is 17.6 Å². The number of nitriles is 1. The lowest BCUT2D eigenvalue weighted by Crippen LogP contribution is -2.30. The van der Waals surface area contributed by atoms with E-state index in [1.807, 2.05) is 45.0 Å². The van der Waals surface area contributed by atoms with Gasteiger partial charge in [-0.25, -0.2) is 0 Å². The minimum absolute atomic E-state index is 0.0426. The van der Waals surface area contributed by atoms with Crippen LogP contribution in [0.25, 0.3) is 16.8 Å². The van der Waals surface area contributed by atoms with E-state index in [9.17, 15) is 10.1 Å². The molecule has 0 aliphatic heterocycles. The van der Waals surface area contributed by atoms with Crippen LogP contribution < -0.4 is 14.8 Å². The fourth-order valence-corrected chi connectivity index (χ4v) is 3.15. The van der Waals surface area contributed by atoms with E-state index in [1.54, 1.807) is 24.3 Å². The van der Waals surface area contributed by atoms with Gasteiger partial charge in [-0.2, -0.15) is 5.26 Å². The summed E-state index contributed by atoms with van der Waals surface area (Å²) in [5.74, 6) is 0.781. The van der Waals surface area contributed by atoms with Crippen LogP contribution in [-0.4, -0.2) is 18.6 Å². The van der Waals surface area contributed by atoms with Crippen LogP contribution in [-0.2, 0) is 11.4 Å². The first-order valence-electron chi connectivity index (χ1n) is 10.3. The Kier molecular flexibility index (Phi) is 7.29. The molecule has 5 nitrogen and oxygen atoms in total. The van der Waals surface area contributed by atoms with Gasteiger partial charge in [-0.05, 0) is 66.9 Å². The van der Waals surface area contributed by atoms with Gasteiger partial charge in [-0.15, -0.1) is 0 Å². The second-order valence-corrected chi connectivity index (χ2v) is 7.41. The fraction of sp³-hybridized carbons (Fsp3) is 0.231. The van der Waals surface area contributed by atoms with Crippen LogP contribution in [0.1, 0.15) is 31.9 Å². The second-order valence-electron chi connectivity index (χ2n) is 7.41. The molecule has 158 valence electrons. The quantitative estimate of drug-likeness (QED) is 0.404. The SMILES string of the molecule is CCOc1cc(/C=C(\C#N)C(=O)NC(C)C)ccc1OCc1ccc2ccccc2c1. The summed E-state index contributed by atoms with van der Waals surface area (Å²) >= 11 is 0. The third-order valence-corrected chi connectivity index (χ3v) is 4.57. The maximum atomic E-state index is 12.2. The van der Waals surface area contributed by atoms with Crippen molar-refractivity contribution in [2.75, 3.05) is 6.61 Å². The zero-order chi connectivity index (χ0) is 22.2. The topological polar surface area (TPSA) is 71.3 Å². The molecule has 5 heteroatoms. The molecule has 0 radical (unpaired) electrons. The highest BCUT2D eigenvalue weighted by Crippen LogP contribution is 2.30. The molecule has 3 rings (SSSR count). The Bertz CT molecular complexity index is 1140. The molecule has 3 aromatic rings. The van der Waals surface area contributed by atoms with Gasteiger partial charge in [-0.3, -0.25) is 4.79 Å². The molecule has 3 aromatic carbocycles. The van der Waals surface area contributed by atoms with E-state index in [2.05, 4.69) is 29.6 Å². The van der Waals surface area contributed by atoms with Crippen molar-refractivity contribution in [2.45, 2.75) is 33.4 Å². The first-order valence-corrected chi connectivity index (χ1v) is 10.3. The lowest BCUT2D eigenvalue weighted by molar-refractivity contribution is -0.117. The molecule has 0 unspecified atom stereocenters. The number of nitrogens with zero attached hydrogens (tertiary/aromatic N) is 1. The number of rotatable bonds is 8. The first-order chi connectivity index (χ1) is 15.0. The van der Waals surface area contributed by atoms with Crippen LogP contribution in [0, 0.1) is 11.3 Å². The van der Waals surface area contributed by atoms with Crippen LogP contribution >= 0.6 is 0 Å². The van der Waals surface area contributed by atoms with Crippen molar-refractivity contribution in [3.63, 3.8) is 0 Å². The lowest BCUT2D eigenvalue weighted by atomic mass is 10.1. The second kappa shape index (κ2) is 10.3. The monoisotopic (exact) mass is 414 g/mol. The summed E-state index contributed by atoms with van der Waals surface area (Å²) < 4.78 is 11.8. The minimum Gasteiger partial charge on any atom is -0.490 e. The summed E-state index contributed by atoms with van der Waals surface area (Å²) in [4.78, 5) is 12.2. The summed E-state index contributed by atoms with van der Waals surface area (Å²) in [6, 6.07) is 21.7. The smallest absolute Gasteiger partial charge is 0.262 e. The van der Waals surface area contributed by atoms with E-state index in [-0.39, 0.29) is 11.6 Å². The third-order valence-electron chi connectivity index (χ3n) is 4.57. The molecule has 0 spiro atoms. The van der Waals surface area contributed by atoms with Gasteiger partial charge in [0.2, 0.25) is 0 Å². The Morgan fingerprint density at radius 1 is 1.03 bits per heavy atom. The number of carbonyl (C=O) groups is 1. The van der Waals surface area contributed by atoms with E-state index in [0.29, 0.717) is 30.3 Å². The van der Waals surface area contributed by atoms with Crippen LogP contribution in [0.4, 0.5) is 0 Å². The molecule has 0 saturated carbocycles. The maximum absolute atomic E-state index is 12.2. The van der Waals surface area contributed by atoms with Crippen molar-refractivity contribution < 1.29 is 14.3 Å². The molecule has 0 heterocycles. The Morgan fingerprint density at radius 2 is 1.81 bits per heavy atom. The number of ether oxygens (including phenoxy) is 2. The lowest BCUT2D eigenvalue weighted by Gasteiger charge is -2.13. The van der Waals surface area contributed by atoms with Gasteiger partial charge in [0.15, 0.2) is 11.5 Å². The Hall–Kier alpha value is -3.78. The molecule has 0 aliphatic rings. The zero-order valence-electron chi connectivity index (χ0n) is 18.0. The minimum atomic E-state index is -0.396. The van der Waals surface area contributed by atoms with Crippen molar-refractivity contribution in [1.82, 2.24) is 5.32 Å². The molecule has 0 saturated heterocycles. The number of hydrogen-bond acceptors (Lipinski definition) is 4. The molecule has 1 N–H and O–H groups in total. The molecule has 31 heavy (non-hydrogen) atoms. The third kappa shape index (κ3) is 5.86. The normalized spacial score (nSPS) is 11.3. The van der Waals surface area contributed by atoms with Gasteiger partial charge < -0.3 is 14.8 Å². The van der Waals surface area contributed by atoms with Gasteiger partial charge in [0.25, 0.3) is 5.91 Å². The first kappa shape index (κ1) is 21.9. The largest absolute Gasteiger partial charge is 0.490 e. The van der Waals surface area contributed by atoms with Crippen LogP contribution in [0.3, 0.4) is 0 Å². The van der Waals surface area contributed by atoms with E-state index in [4.69, 9.17) is 9.47 Å². The Balaban J connectivity index is 1.80. The molecule has 0 fully saturated rings. The summed E-state index contributed by atoms with van der Waals surface area (Å²) in [5, 5.41) is 14.4. The fourth-order valence-electron chi connectivity index (χ4n) is 3.15. The molecule has 1 amide bonds. The van der Waals surface area contributed by atoms with Crippen molar-refractivity contribution in [3.05, 3.63) is 77.4 Å². The predicted octanol–water partition coefficient (Wildman–Crippen LogP) is 5.25. The number of carbonyl (C=O) groups excluding carboxylic acids is 1. The molecule has 0 bridgehead atoms. The molecular formula is C26H26N2O3.